The maximum Gasteiger partial charge on any atom is 0.0801 e. The standard InChI is InChI=1S/C14H21BrN2O/c1-10(16)12-5-4-11(8-13(12)15)17-6-7-18-14(2,3)9-17/h4-5,8,10H,6-7,9,16H2,1-3H3. The molecule has 2 N–H and O–H groups in total. The lowest BCUT2D eigenvalue weighted by atomic mass is 10.1. The van der Waals surface area contributed by atoms with Crippen molar-refractivity contribution in [2.45, 2.75) is 32.4 Å². The van der Waals surface area contributed by atoms with Crippen molar-refractivity contribution in [1.82, 2.24) is 0 Å². The first-order valence-electron chi connectivity index (χ1n) is 6.33. The van der Waals surface area contributed by atoms with Crippen LogP contribution in [0.15, 0.2) is 22.7 Å². The zero-order valence-corrected chi connectivity index (χ0v) is 12.8. The van der Waals surface area contributed by atoms with E-state index >= 15 is 0 Å². The summed E-state index contributed by atoms with van der Waals surface area (Å²) in [4.78, 5) is 2.36. The third kappa shape index (κ3) is 3.05. The third-order valence-corrected chi connectivity index (χ3v) is 3.95. The monoisotopic (exact) mass is 312 g/mol. The van der Waals surface area contributed by atoms with Gasteiger partial charge in [-0.15, -0.1) is 0 Å². The van der Waals surface area contributed by atoms with Crippen LogP contribution in [0.3, 0.4) is 0 Å². The van der Waals surface area contributed by atoms with Crippen molar-refractivity contribution in [1.29, 1.82) is 0 Å². The topological polar surface area (TPSA) is 38.5 Å². The van der Waals surface area contributed by atoms with Crippen LogP contribution in [0.5, 0.6) is 0 Å². The molecule has 0 saturated carbocycles. The minimum absolute atomic E-state index is 0.0505. The van der Waals surface area contributed by atoms with Gasteiger partial charge >= 0.3 is 0 Å². The van der Waals surface area contributed by atoms with E-state index in [0.29, 0.717) is 0 Å². The molecule has 1 aliphatic rings. The van der Waals surface area contributed by atoms with Crippen LogP contribution < -0.4 is 10.6 Å². The summed E-state index contributed by atoms with van der Waals surface area (Å²) in [5.41, 5.74) is 8.21. The second-order valence-corrected chi connectivity index (χ2v) is 6.38. The Morgan fingerprint density at radius 2 is 2.17 bits per heavy atom. The van der Waals surface area contributed by atoms with Crippen LogP contribution in [0.4, 0.5) is 5.69 Å². The van der Waals surface area contributed by atoms with E-state index in [1.165, 1.54) is 5.69 Å². The Hall–Kier alpha value is -0.580. The van der Waals surface area contributed by atoms with Gasteiger partial charge in [0.25, 0.3) is 0 Å². The lowest BCUT2D eigenvalue weighted by molar-refractivity contribution is -0.0276. The summed E-state index contributed by atoms with van der Waals surface area (Å²) in [6.07, 6.45) is 0. The molecule has 1 fully saturated rings. The van der Waals surface area contributed by atoms with Crippen LogP contribution in [0.25, 0.3) is 0 Å². The number of morpholine rings is 1. The van der Waals surface area contributed by atoms with E-state index in [0.717, 1.165) is 29.7 Å². The average Bonchev–Trinajstić information content (AvgIpc) is 2.27. The third-order valence-electron chi connectivity index (χ3n) is 3.27. The summed E-state index contributed by atoms with van der Waals surface area (Å²) in [5, 5.41) is 0. The van der Waals surface area contributed by atoms with Crippen LogP contribution in [0.1, 0.15) is 32.4 Å². The number of hydrogen-bond donors (Lipinski definition) is 1. The first kappa shape index (κ1) is 13.8. The highest BCUT2D eigenvalue weighted by molar-refractivity contribution is 9.10. The van der Waals surface area contributed by atoms with Gasteiger partial charge in [-0.3, -0.25) is 0 Å². The number of anilines is 1. The van der Waals surface area contributed by atoms with E-state index in [9.17, 15) is 0 Å². The molecule has 0 bridgehead atoms. The molecular weight excluding hydrogens is 292 g/mol. The molecule has 1 heterocycles. The predicted octanol–water partition coefficient (Wildman–Crippen LogP) is 3.08. The molecule has 0 aliphatic carbocycles. The fourth-order valence-corrected chi connectivity index (χ4v) is 3.05. The smallest absolute Gasteiger partial charge is 0.0801 e. The van der Waals surface area contributed by atoms with Gasteiger partial charge in [0.15, 0.2) is 0 Å². The SMILES string of the molecule is CC(N)c1ccc(N2CCOC(C)(C)C2)cc1Br. The molecule has 0 radical (unpaired) electrons. The van der Waals surface area contributed by atoms with E-state index in [1.807, 2.05) is 6.92 Å². The largest absolute Gasteiger partial charge is 0.372 e. The second-order valence-electron chi connectivity index (χ2n) is 5.52. The number of rotatable bonds is 2. The van der Waals surface area contributed by atoms with Crippen molar-refractivity contribution in [2.75, 3.05) is 24.6 Å². The summed E-state index contributed by atoms with van der Waals surface area (Å²) >= 11 is 3.60. The van der Waals surface area contributed by atoms with Crippen LogP contribution >= 0.6 is 15.9 Å². The molecule has 1 saturated heterocycles. The molecule has 1 unspecified atom stereocenters. The minimum atomic E-state index is -0.0788. The van der Waals surface area contributed by atoms with Gasteiger partial charge in [0.05, 0.1) is 12.2 Å². The first-order chi connectivity index (χ1) is 8.39. The van der Waals surface area contributed by atoms with Crippen LogP contribution in [0.2, 0.25) is 0 Å². The maximum atomic E-state index is 5.92. The normalized spacial score (nSPS) is 20.8. The number of nitrogens with two attached hydrogens (primary N) is 1. The maximum absolute atomic E-state index is 5.92. The zero-order chi connectivity index (χ0) is 13.3. The Morgan fingerprint density at radius 3 is 2.72 bits per heavy atom. The molecule has 0 aromatic heterocycles. The number of hydrogen-bond acceptors (Lipinski definition) is 3. The van der Waals surface area contributed by atoms with Crippen molar-refractivity contribution in [3.05, 3.63) is 28.2 Å². The van der Waals surface area contributed by atoms with E-state index in [4.69, 9.17) is 10.5 Å². The van der Waals surface area contributed by atoms with Gasteiger partial charge in [-0.25, -0.2) is 0 Å². The Kier molecular flexibility index (Phi) is 3.99. The zero-order valence-electron chi connectivity index (χ0n) is 11.2. The fourth-order valence-electron chi connectivity index (χ4n) is 2.32. The molecule has 0 spiro atoms. The van der Waals surface area contributed by atoms with Crippen molar-refractivity contribution in [2.24, 2.45) is 5.73 Å². The minimum Gasteiger partial charge on any atom is -0.372 e. The Labute approximate surface area is 117 Å². The average molecular weight is 313 g/mol. The number of nitrogens with zero attached hydrogens (tertiary/aromatic N) is 1. The fraction of sp³-hybridized carbons (Fsp3) is 0.571. The molecule has 3 nitrogen and oxygen atoms in total. The summed E-state index contributed by atoms with van der Waals surface area (Å²) in [5.74, 6) is 0. The van der Waals surface area contributed by atoms with E-state index in [1.54, 1.807) is 0 Å². The van der Waals surface area contributed by atoms with Gasteiger partial charge in [-0.1, -0.05) is 22.0 Å². The molecule has 0 amide bonds. The van der Waals surface area contributed by atoms with E-state index < -0.39 is 0 Å². The van der Waals surface area contributed by atoms with Gasteiger partial charge in [0, 0.05) is 29.3 Å². The number of ether oxygens (including phenoxy) is 1. The lowest BCUT2D eigenvalue weighted by Gasteiger charge is -2.39. The quantitative estimate of drug-likeness (QED) is 0.912. The van der Waals surface area contributed by atoms with Crippen LogP contribution in [0, 0.1) is 0 Å². The van der Waals surface area contributed by atoms with E-state index in [-0.39, 0.29) is 11.6 Å². The molecule has 1 atom stereocenters. The summed E-state index contributed by atoms with van der Waals surface area (Å²) in [6.45, 7) is 8.89. The number of benzene rings is 1. The number of halogens is 1. The van der Waals surface area contributed by atoms with Crippen molar-refractivity contribution < 1.29 is 4.74 Å². The molecule has 1 aromatic rings. The summed E-state index contributed by atoms with van der Waals surface area (Å²) < 4.78 is 6.82. The van der Waals surface area contributed by atoms with E-state index in [2.05, 4.69) is 52.9 Å². The molecule has 4 heteroatoms. The van der Waals surface area contributed by atoms with Gasteiger partial charge < -0.3 is 15.4 Å². The molecule has 100 valence electrons. The highest BCUT2D eigenvalue weighted by Gasteiger charge is 2.27. The second kappa shape index (κ2) is 5.19. The molecule has 2 rings (SSSR count). The molecule has 1 aromatic carbocycles. The Bertz CT molecular complexity index is 432. The summed E-state index contributed by atoms with van der Waals surface area (Å²) in [7, 11) is 0. The van der Waals surface area contributed by atoms with Gasteiger partial charge in [-0.2, -0.15) is 0 Å². The van der Waals surface area contributed by atoms with Crippen LogP contribution in [-0.4, -0.2) is 25.3 Å². The van der Waals surface area contributed by atoms with Crippen molar-refractivity contribution in [3.63, 3.8) is 0 Å². The summed E-state index contributed by atoms with van der Waals surface area (Å²) in [6, 6.07) is 6.45. The Morgan fingerprint density at radius 1 is 1.44 bits per heavy atom. The highest BCUT2D eigenvalue weighted by atomic mass is 79.9. The van der Waals surface area contributed by atoms with Crippen molar-refractivity contribution >= 4 is 21.6 Å². The first-order valence-corrected chi connectivity index (χ1v) is 7.12. The van der Waals surface area contributed by atoms with Crippen LogP contribution in [-0.2, 0) is 4.74 Å². The van der Waals surface area contributed by atoms with Gasteiger partial charge in [0.2, 0.25) is 0 Å². The molecule has 1 aliphatic heterocycles. The molecule has 18 heavy (non-hydrogen) atoms. The highest BCUT2D eigenvalue weighted by Crippen LogP contribution is 2.29. The lowest BCUT2D eigenvalue weighted by Crippen LogP contribution is -2.48. The van der Waals surface area contributed by atoms with Gasteiger partial charge in [-0.05, 0) is 38.5 Å². The molecular formula is C14H21BrN2O. The van der Waals surface area contributed by atoms with Gasteiger partial charge in [0.1, 0.15) is 0 Å². The Balaban J connectivity index is 2.21. The van der Waals surface area contributed by atoms with Crippen molar-refractivity contribution in [3.8, 4) is 0 Å². The predicted molar refractivity (Wildman–Crippen MR) is 79.0 cm³/mol.